The van der Waals surface area contributed by atoms with Crippen molar-refractivity contribution in [1.29, 1.82) is 0 Å². The Morgan fingerprint density at radius 2 is 0.277 bits per heavy atom. The first kappa shape index (κ1) is 39.3. The van der Waals surface area contributed by atoms with Crippen LogP contribution in [0.2, 0.25) is 0 Å². The van der Waals surface area contributed by atoms with Crippen LogP contribution in [0.4, 0.5) is 87.8 Å². The molecular weight excluding hydrogens is 702 g/mol. The molecule has 0 atom stereocenters. The normalized spacial score (nSPS) is 11.5. The second-order valence-electron chi connectivity index (χ2n) is 8.80. The van der Waals surface area contributed by atoms with Gasteiger partial charge in [-0.25, -0.2) is 87.8 Å². The van der Waals surface area contributed by atoms with E-state index in [0.717, 1.165) is 0 Å². The molecule has 0 unspecified atom stereocenters. The summed E-state index contributed by atoms with van der Waals surface area (Å²) in [5, 5.41) is 0. The van der Waals surface area contributed by atoms with Gasteiger partial charge in [0.2, 0.25) is 0 Å². The van der Waals surface area contributed by atoms with Crippen LogP contribution in [0.15, 0.2) is 0 Å². The fraction of sp³-hybridized carbons (Fsp3) is 0. The predicted octanol–water partition coefficient (Wildman–Crippen LogP) is 2.03. The predicted molar refractivity (Wildman–Crippen MR) is 113 cm³/mol. The van der Waals surface area contributed by atoms with Gasteiger partial charge in [-0.3, -0.25) is 0 Å². The Morgan fingerprint density at radius 3 is 0.383 bits per heavy atom. The van der Waals surface area contributed by atoms with Crippen molar-refractivity contribution in [3.05, 3.63) is 116 Å². The van der Waals surface area contributed by atoms with E-state index in [1.54, 1.807) is 0 Å². The molecule has 2 N–H and O–H groups in total. The number of hydrogen-bond donors (Lipinski definition) is 0. The molecule has 0 amide bonds. The third-order valence-electron chi connectivity index (χ3n) is 6.71. The number of rotatable bonds is 4. The molecule has 0 fully saturated rings. The van der Waals surface area contributed by atoms with Crippen molar-refractivity contribution in [3.63, 3.8) is 0 Å². The minimum absolute atomic E-state index is 0. The molecule has 0 aliphatic carbocycles. The molecule has 0 aliphatic rings. The Balaban J connectivity index is 0.00000384. The van der Waals surface area contributed by atoms with E-state index in [-0.39, 0.29) is 24.3 Å². The van der Waals surface area contributed by atoms with Gasteiger partial charge in [0.1, 0.15) is 52.7 Å². The summed E-state index contributed by atoms with van der Waals surface area (Å²) in [6.07, 6.45) is -7.22. The van der Waals surface area contributed by atoms with Gasteiger partial charge in [0.25, 0.3) is 0 Å². The van der Waals surface area contributed by atoms with Crippen LogP contribution in [-0.2, 0) is 0 Å². The van der Waals surface area contributed by atoms with Crippen LogP contribution >= 0.6 is 0 Å². The van der Waals surface area contributed by atoms with Gasteiger partial charge in [-0.2, -0.15) is 0 Å². The standard InChI is InChI=1S/C24BF20.Li.H2O/c26-5-1(6(27)14(35)21(42)13(5)34)25(2-7(28)15(36)22(43)16(37)8(2)29,3-9(30)17(38)23(44)18(39)10(3)31)4-11(32)19(40)24(45)20(41)12(4)33;;/h;;1H2/q-1;+1;. The summed E-state index contributed by atoms with van der Waals surface area (Å²) >= 11 is 0. The zero-order chi connectivity index (χ0) is 34.4. The van der Waals surface area contributed by atoms with Crippen LogP contribution in [-0.4, -0.2) is 11.6 Å². The summed E-state index contributed by atoms with van der Waals surface area (Å²) in [6.45, 7) is 0. The van der Waals surface area contributed by atoms with Crippen molar-refractivity contribution in [3.8, 4) is 0 Å². The molecule has 248 valence electrons. The van der Waals surface area contributed by atoms with Crippen molar-refractivity contribution >= 4 is 28.0 Å². The van der Waals surface area contributed by atoms with Crippen LogP contribution in [0.3, 0.4) is 0 Å². The van der Waals surface area contributed by atoms with E-state index in [1.807, 2.05) is 0 Å². The third-order valence-corrected chi connectivity index (χ3v) is 6.71. The summed E-state index contributed by atoms with van der Waals surface area (Å²) < 4.78 is 294. The third kappa shape index (κ3) is 5.02. The van der Waals surface area contributed by atoms with Gasteiger partial charge in [-0.05, 0) is 0 Å². The average molecular weight is 704 g/mol. The fourth-order valence-corrected chi connectivity index (χ4v) is 4.87. The van der Waals surface area contributed by atoms with Crippen molar-refractivity contribution in [2.24, 2.45) is 0 Å². The number of hydrogen-bond acceptors (Lipinski definition) is 0. The molecule has 1 nitrogen and oxygen atoms in total. The molecule has 0 spiro atoms. The first-order chi connectivity index (χ1) is 20.7. The van der Waals surface area contributed by atoms with Crippen molar-refractivity contribution in [1.82, 2.24) is 0 Å². The van der Waals surface area contributed by atoms with E-state index in [0.29, 0.717) is 0 Å². The molecule has 0 saturated heterocycles. The van der Waals surface area contributed by atoms with E-state index in [4.69, 9.17) is 0 Å². The molecule has 0 heterocycles. The molecule has 0 bridgehead atoms. The van der Waals surface area contributed by atoms with Crippen LogP contribution in [0.1, 0.15) is 0 Å². The number of halogens is 20. The molecule has 4 aromatic rings. The SMILES string of the molecule is Fc1c(F)c(F)c([B-](c2c(F)c(F)c(F)c(F)c2F)(c2c(F)c(F)c(F)c(F)c2F)c2c(F)c(F)c(F)c(F)c2F)c(F)c1F.O.[Li+]. The smallest absolute Gasteiger partial charge is 0.412 e. The summed E-state index contributed by atoms with van der Waals surface area (Å²) in [7, 11) is 0. The second kappa shape index (κ2) is 13.0. The molecule has 0 radical (unpaired) electrons. The molecule has 47 heavy (non-hydrogen) atoms. The maximum absolute atomic E-state index is 15.4. The fourth-order valence-electron chi connectivity index (χ4n) is 4.87. The Morgan fingerprint density at radius 1 is 0.191 bits per heavy atom. The van der Waals surface area contributed by atoms with E-state index < -0.39 is 144 Å². The summed E-state index contributed by atoms with van der Waals surface area (Å²) in [5.74, 6) is -71.4. The van der Waals surface area contributed by atoms with Crippen LogP contribution in [0.25, 0.3) is 0 Å². The molecule has 0 aliphatic heterocycles. The Hall–Kier alpha value is -3.90. The summed E-state index contributed by atoms with van der Waals surface area (Å²) in [6, 6.07) is 0. The topological polar surface area (TPSA) is 31.5 Å². The van der Waals surface area contributed by atoms with E-state index in [9.17, 15) is 52.7 Å². The average Bonchev–Trinajstić information content (AvgIpc) is 3.00. The molecule has 23 heteroatoms. The van der Waals surface area contributed by atoms with Crippen LogP contribution in [0.5, 0.6) is 0 Å². The summed E-state index contributed by atoms with van der Waals surface area (Å²) in [4.78, 5) is 0. The maximum Gasteiger partial charge on any atom is 1.00 e. The Kier molecular flexibility index (Phi) is 10.8. The molecule has 4 rings (SSSR count). The van der Waals surface area contributed by atoms with E-state index in [1.165, 1.54) is 0 Å². The minimum Gasteiger partial charge on any atom is -0.412 e. The molecular formula is C24H2BF20LiO. The zero-order valence-corrected chi connectivity index (χ0v) is 21.6. The number of benzene rings is 4. The maximum atomic E-state index is 15.4. The minimum atomic E-state index is -7.22. The van der Waals surface area contributed by atoms with Crippen molar-refractivity contribution in [2.45, 2.75) is 0 Å². The van der Waals surface area contributed by atoms with Gasteiger partial charge >= 0.3 is 18.9 Å². The second-order valence-corrected chi connectivity index (χ2v) is 8.80. The van der Waals surface area contributed by atoms with Crippen LogP contribution in [0, 0.1) is 116 Å². The van der Waals surface area contributed by atoms with Gasteiger partial charge in [-0.15, -0.1) is 21.9 Å². The van der Waals surface area contributed by atoms with Crippen LogP contribution < -0.4 is 40.7 Å². The molecule has 0 saturated carbocycles. The van der Waals surface area contributed by atoms with Crippen molar-refractivity contribution < 1.29 is 112 Å². The molecule has 0 aromatic heterocycles. The largest absolute Gasteiger partial charge is 1.00 e. The van der Waals surface area contributed by atoms with Gasteiger partial charge in [0.15, 0.2) is 69.8 Å². The van der Waals surface area contributed by atoms with Gasteiger partial charge in [0.05, 0.1) is 0 Å². The first-order valence-electron chi connectivity index (χ1n) is 10.9. The Labute approximate surface area is 256 Å². The zero-order valence-electron chi connectivity index (χ0n) is 21.6. The van der Waals surface area contributed by atoms with E-state index >= 15 is 35.1 Å². The van der Waals surface area contributed by atoms with Crippen molar-refractivity contribution in [2.75, 3.05) is 0 Å². The molecule has 4 aromatic carbocycles. The van der Waals surface area contributed by atoms with E-state index in [2.05, 4.69) is 0 Å². The van der Waals surface area contributed by atoms with Gasteiger partial charge in [0, 0.05) is 0 Å². The summed E-state index contributed by atoms with van der Waals surface area (Å²) in [5.41, 5.74) is -14.3. The monoisotopic (exact) mass is 704 g/mol. The Bertz CT molecular complexity index is 1580. The quantitative estimate of drug-likeness (QED) is 0.135. The van der Waals surface area contributed by atoms with Gasteiger partial charge < -0.3 is 5.48 Å². The van der Waals surface area contributed by atoms with Gasteiger partial charge in [-0.1, -0.05) is 0 Å². The first-order valence-corrected chi connectivity index (χ1v) is 10.9.